The molecule has 3 rings (SSSR count). The predicted molar refractivity (Wildman–Crippen MR) is 75.8 cm³/mol. The summed E-state index contributed by atoms with van der Waals surface area (Å²) in [7, 11) is 0. The van der Waals surface area contributed by atoms with Crippen LogP contribution in [-0.4, -0.2) is 16.7 Å². The molecule has 0 fully saturated rings. The van der Waals surface area contributed by atoms with Crippen LogP contribution in [-0.2, 0) is 6.42 Å². The lowest BCUT2D eigenvalue weighted by molar-refractivity contribution is 0.432. The van der Waals surface area contributed by atoms with Gasteiger partial charge in [-0.1, -0.05) is 29.4 Å². The first kappa shape index (κ1) is 12.1. The molecule has 3 aromatic rings. The second kappa shape index (κ2) is 5.34. The maximum atomic E-state index is 5.62. The summed E-state index contributed by atoms with van der Waals surface area (Å²) in [6.07, 6.45) is 0.799. The summed E-state index contributed by atoms with van der Waals surface area (Å²) in [5.74, 6) is 1.18. The van der Waals surface area contributed by atoms with Gasteiger partial charge in [-0.05, 0) is 36.0 Å². The van der Waals surface area contributed by atoms with Gasteiger partial charge < -0.3 is 10.3 Å². The topological polar surface area (TPSA) is 64.9 Å². The summed E-state index contributed by atoms with van der Waals surface area (Å²) in [4.78, 5) is 5.46. The maximum Gasteiger partial charge on any atom is 0.258 e. The van der Waals surface area contributed by atoms with Gasteiger partial charge in [-0.3, -0.25) is 0 Å². The average Bonchev–Trinajstić information content (AvgIpc) is 3.11. The van der Waals surface area contributed by atoms with E-state index in [-0.39, 0.29) is 0 Å². The van der Waals surface area contributed by atoms with Gasteiger partial charge in [0.25, 0.3) is 5.89 Å². The van der Waals surface area contributed by atoms with Gasteiger partial charge in [0.1, 0.15) is 0 Å². The largest absolute Gasteiger partial charge is 0.334 e. The van der Waals surface area contributed by atoms with Gasteiger partial charge in [0.05, 0.1) is 4.88 Å². The van der Waals surface area contributed by atoms with Crippen molar-refractivity contribution in [3.63, 3.8) is 0 Å². The molecule has 2 N–H and O–H groups in total. The fourth-order valence-corrected chi connectivity index (χ4v) is 2.59. The van der Waals surface area contributed by atoms with E-state index in [1.165, 1.54) is 0 Å². The minimum absolute atomic E-state index is 0.549. The molecule has 0 unspecified atom stereocenters. The van der Waals surface area contributed by atoms with Gasteiger partial charge in [0.15, 0.2) is 0 Å². The quantitative estimate of drug-likeness (QED) is 0.792. The lowest BCUT2D eigenvalue weighted by Crippen LogP contribution is -2.03. The Morgan fingerprint density at radius 1 is 1.16 bits per heavy atom. The zero-order chi connectivity index (χ0) is 13.1. The van der Waals surface area contributed by atoms with Crippen molar-refractivity contribution in [2.24, 2.45) is 5.73 Å². The SMILES string of the molecule is NCCc1ccccc1-c1nc(-c2cccs2)no1. The number of nitrogens with two attached hydrogens (primary N) is 1. The molecule has 0 saturated heterocycles. The van der Waals surface area contributed by atoms with E-state index >= 15 is 0 Å². The van der Waals surface area contributed by atoms with E-state index in [2.05, 4.69) is 10.1 Å². The molecule has 0 saturated carbocycles. The standard InChI is InChI=1S/C14H13N3OS/c15-8-7-10-4-1-2-5-11(10)14-16-13(17-18-14)12-6-3-9-19-12/h1-6,9H,7-8,15H2. The van der Waals surface area contributed by atoms with Gasteiger partial charge in [-0.15, -0.1) is 11.3 Å². The Morgan fingerprint density at radius 3 is 2.84 bits per heavy atom. The highest BCUT2D eigenvalue weighted by molar-refractivity contribution is 7.13. The molecule has 19 heavy (non-hydrogen) atoms. The van der Waals surface area contributed by atoms with Crippen LogP contribution in [0.2, 0.25) is 0 Å². The first-order chi connectivity index (χ1) is 9.38. The summed E-state index contributed by atoms with van der Waals surface area (Å²) >= 11 is 1.59. The van der Waals surface area contributed by atoms with E-state index in [1.807, 2.05) is 41.8 Å². The van der Waals surface area contributed by atoms with E-state index in [9.17, 15) is 0 Å². The molecule has 2 aromatic heterocycles. The lowest BCUT2D eigenvalue weighted by Gasteiger charge is -2.03. The average molecular weight is 271 g/mol. The highest BCUT2D eigenvalue weighted by Gasteiger charge is 2.13. The number of rotatable bonds is 4. The molecule has 0 aliphatic rings. The second-order valence-electron chi connectivity index (χ2n) is 4.10. The highest BCUT2D eigenvalue weighted by Crippen LogP contribution is 2.27. The first-order valence-corrected chi connectivity index (χ1v) is 6.92. The Hall–Kier alpha value is -1.98. The molecule has 5 heteroatoms. The molecule has 0 aliphatic heterocycles. The number of hydrogen-bond donors (Lipinski definition) is 1. The second-order valence-corrected chi connectivity index (χ2v) is 5.04. The van der Waals surface area contributed by atoms with Gasteiger partial charge in [-0.2, -0.15) is 4.98 Å². The number of nitrogens with zero attached hydrogens (tertiary/aromatic N) is 2. The molecule has 0 spiro atoms. The zero-order valence-electron chi connectivity index (χ0n) is 10.2. The van der Waals surface area contributed by atoms with Crippen LogP contribution in [0.4, 0.5) is 0 Å². The number of benzene rings is 1. The van der Waals surface area contributed by atoms with Crippen LogP contribution in [0.15, 0.2) is 46.3 Å². The third-order valence-electron chi connectivity index (χ3n) is 2.83. The van der Waals surface area contributed by atoms with E-state index < -0.39 is 0 Å². The smallest absolute Gasteiger partial charge is 0.258 e. The van der Waals surface area contributed by atoms with Crippen LogP contribution in [0.1, 0.15) is 5.56 Å². The highest BCUT2D eigenvalue weighted by atomic mass is 32.1. The lowest BCUT2D eigenvalue weighted by atomic mass is 10.0. The number of hydrogen-bond acceptors (Lipinski definition) is 5. The van der Waals surface area contributed by atoms with Crippen LogP contribution in [0.5, 0.6) is 0 Å². The summed E-state index contributed by atoms with van der Waals surface area (Å²) in [5.41, 5.74) is 7.72. The van der Waals surface area contributed by atoms with Gasteiger partial charge >= 0.3 is 0 Å². The molecule has 0 aliphatic carbocycles. The van der Waals surface area contributed by atoms with Crippen molar-refractivity contribution in [3.8, 4) is 22.2 Å². The molecule has 96 valence electrons. The maximum absolute atomic E-state index is 5.62. The van der Waals surface area contributed by atoms with Crippen LogP contribution in [0.25, 0.3) is 22.2 Å². The van der Waals surface area contributed by atoms with Gasteiger partial charge in [0.2, 0.25) is 5.82 Å². The third kappa shape index (κ3) is 2.43. The zero-order valence-corrected chi connectivity index (χ0v) is 11.1. The Labute approximate surface area is 114 Å². The van der Waals surface area contributed by atoms with Gasteiger partial charge in [-0.25, -0.2) is 0 Å². The van der Waals surface area contributed by atoms with Crippen molar-refractivity contribution in [3.05, 3.63) is 47.3 Å². The summed E-state index contributed by atoms with van der Waals surface area (Å²) in [6.45, 7) is 0.600. The van der Waals surface area contributed by atoms with E-state index in [0.29, 0.717) is 18.3 Å². The van der Waals surface area contributed by atoms with Crippen LogP contribution >= 0.6 is 11.3 Å². The fraction of sp³-hybridized carbons (Fsp3) is 0.143. The normalized spacial score (nSPS) is 10.8. The number of aromatic nitrogens is 2. The number of thiophene rings is 1. The van der Waals surface area contributed by atoms with Crippen molar-refractivity contribution >= 4 is 11.3 Å². The minimum atomic E-state index is 0.549. The predicted octanol–water partition coefficient (Wildman–Crippen LogP) is 2.97. The molecule has 0 radical (unpaired) electrons. The fourth-order valence-electron chi connectivity index (χ4n) is 1.94. The first-order valence-electron chi connectivity index (χ1n) is 6.04. The summed E-state index contributed by atoms with van der Waals surface area (Å²) < 4.78 is 5.37. The van der Waals surface area contributed by atoms with Crippen molar-refractivity contribution in [2.45, 2.75) is 6.42 Å². The molecule has 0 amide bonds. The van der Waals surface area contributed by atoms with Gasteiger partial charge in [0, 0.05) is 5.56 Å². The van der Waals surface area contributed by atoms with Crippen molar-refractivity contribution in [2.75, 3.05) is 6.54 Å². The Kier molecular flexibility index (Phi) is 3.39. The van der Waals surface area contributed by atoms with Crippen LogP contribution < -0.4 is 5.73 Å². The summed E-state index contributed by atoms with van der Waals surface area (Å²) in [6, 6.07) is 11.9. The molecule has 0 bridgehead atoms. The van der Waals surface area contributed by atoms with Crippen molar-refractivity contribution in [1.82, 2.24) is 10.1 Å². The Bertz CT molecular complexity index is 661. The third-order valence-corrected chi connectivity index (χ3v) is 3.69. The van der Waals surface area contributed by atoms with Crippen LogP contribution in [0.3, 0.4) is 0 Å². The van der Waals surface area contributed by atoms with Crippen LogP contribution in [0, 0.1) is 0 Å². The Balaban J connectivity index is 1.99. The molecule has 0 atom stereocenters. The minimum Gasteiger partial charge on any atom is -0.334 e. The molecule has 2 heterocycles. The van der Waals surface area contributed by atoms with E-state index in [0.717, 1.165) is 22.4 Å². The van der Waals surface area contributed by atoms with E-state index in [4.69, 9.17) is 10.3 Å². The molecular weight excluding hydrogens is 258 g/mol. The molecular formula is C14H13N3OS. The van der Waals surface area contributed by atoms with Crippen molar-refractivity contribution < 1.29 is 4.52 Å². The monoisotopic (exact) mass is 271 g/mol. The summed E-state index contributed by atoms with van der Waals surface area (Å²) in [5, 5.41) is 6.02. The van der Waals surface area contributed by atoms with E-state index in [1.54, 1.807) is 11.3 Å². The molecule has 1 aromatic carbocycles. The molecule has 4 nitrogen and oxygen atoms in total. The van der Waals surface area contributed by atoms with Crippen molar-refractivity contribution in [1.29, 1.82) is 0 Å². The Morgan fingerprint density at radius 2 is 2.05 bits per heavy atom.